The zero-order valence-electron chi connectivity index (χ0n) is 18.0. The Kier molecular flexibility index (Phi) is 8.77. The van der Waals surface area contributed by atoms with E-state index in [2.05, 4.69) is 0 Å². The number of carbonyl (C=O) groups is 3. The largest absolute Gasteiger partial charge is 0.515 e. The molecule has 0 fully saturated rings. The fourth-order valence-electron chi connectivity index (χ4n) is 3.02. The van der Waals surface area contributed by atoms with Gasteiger partial charge in [-0.15, -0.1) is 0 Å². The Morgan fingerprint density at radius 1 is 0.735 bits per heavy atom. The first kappa shape index (κ1) is 24.5. The highest BCUT2D eigenvalue weighted by Gasteiger charge is 2.20. The molecule has 0 aliphatic rings. The number of rotatable bonds is 9. The van der Waals surface area contributed by atoms with Crippen molar-refractivity contribution in [3.8, 4) is 0 Å². The minimum absolute atomic E-state index is 0.0133. The average Bonchev–Trinajstić information content (AvgIpc) is 2.89. The SMILES string of the molecule is O=C(OCc1ccccc1)c1cc(C(=O)OCc2ccccc2)cc(C(=O)C(=C\O)/C=C/Cl)c1. The average molecular weight is 477 g/mol. The standard InChI is InChI=1S/C27H21ClO6/c28-12-11-21(16-29)25(30)22-13-23(26(31)33-17-19-7-3-1-4-8-19)15-24(14-22)27(32)34-18-20-9-5-2-6-10-20/h1-16,29H,17-18H2/b12-11+,21-16-. The van der Waals surface area contributed by atoms with Crippen LogP contribution >= 0.6 is 11.6 Å². The van der Waals surface area contributed by atoms with Crippen molar-refractivity contribution >= 4 is 29.3 Å². The topological polar surface area (TPSA) is 89.9 Å². The number of aliphatic hydroxyl groups excluding tert-OH is 1. The summed E-state index contributed by atoms with van der Waals surface area (Å²) < 4.78 is 10.7. The molecule has 172 valence electrons. The maximum Gasteiger partial charge on any atom is 0.338 e. The molecule has 0 spiro atoms. The maximum atomic E-state index is 12.8. The summed E-state index contributed by atoms with van der Waals surface area (Å²) in [6.45, 7) is 0.0326. The summed E-state index contributed by atoms with van der Waals surface area (Å²) in [6, 6.07) is 22.0. The minimum atomic E-state index is -0.724. The molecule has 3 aromatic rings. The fraction of sp³-hybridized carbons (Fsp3) is 0.0741. The van der Waals surface area contributed by atoms with Crippen LogP contribution in [0.4, 0.5) is 0 Å². The molecule has 0 aliphatic heterocycles. The Labute approximate surface area is 201 Å². The highest BCUT2D eigenvalue weighted by molar-refractivity contribution is 6.26. The second-order valence-corrected chi connectivity index (χ2v) is 7.38. The van der Waals surface area contributed by atoms with Gasteiger partial charge in [0.25, 0.3) is 0 Å². The van der Waals surface area contributed by atoms with Crippen LogP contribution < -0.4 is 0 Å². The summed E-state index contributed by atoms with van der Waals surface area (Å²) in [5.74, 6) is -2.09. The van der Waals surface area contributed by atoms with Gasteiger partial charge in [0.05, 0.1) is 23.0 Å². The first-order valence-electron chi connectivity index (χ1n) is 10.2. The third-order valence-corrected chi connectivity index (χ3v) is 4.86. The normalized spacial score (nSPS) is 11.3. The maximum absolute atomic E-state index is 12.8. The van der Waals surface area contributed by atoms with Gasteiger partial charge in [-0.3, -0.25) is 4.79 Å². The van der Waals surface area contributed by atoms with Crippen LogP contribution in [-0.2, 0) is 22.7 Å². The summed E-state index contributed by atoms with van der Waals surface area (Å²) in [6.07, 6.45) is 1.78. The van der Waals surface area contributed by atoms with E-state index < -0.39 is 17.7 Å². The van der Waals surface area contributed by atoms with Crippen LogP contribution in [0, 0.1) is 0 Å². The molecule has 3 aromatic carbocycles. The lowest BCUT2D eigenvalue weighted by Crippen LogP contribution is -2.13. The quantitative estimate of drug-likeness (QED) is 0.138. The second kappa shape index (κ2) is 12.2. The summed E-state index contributed by atoms with van der Waals surface area (Å²) in [5.41, 5.74) is 2.45. The van der Waals surface area contributed by atoms with Crippen molar-refractivity contribution in [1.82, 2.24) is 0 Å². The van der Waals surface area contributed by atoms with Gasteiger partial charge in [-0.25, -0.2) is 9.59 Å². The zero-order valence-corrected chi connectivity index (χ0v) is 18.8. The molecule has 3 rings (SSSR count). The van der Waals surface area contributed by atoms with Crippen LogP contribution in [0.2, 0.25) is 0 Å². The number of esters is 2. The third-order valence-electron chi connectivity index (χ3n) is 4.74. The van der Waals surface area contributed by atoms with E-state index in [1.54, 1.807) is 24.3 Å². The van der Waals surface area contributed by atoms with Crippen molar-refractivity contribution in [2.75, 3.05) is 0 Å². The minimum Gasteiger partial charge on any atom is -0.515 e. The van der Waals surface area contributed by atoms with Gasteiger partial charge in [-0.2, -0.15) is 0 Å². The van der Waals surface area contributed by atoms with Crippen LogP contribution in [-0.4, -0.2) is 22.8 Å². The Morgan fingerprint density at radius 3 is 1.59 bits per heavy atom. The van der Waals surface area contributed by atoms with Crippen LogP contribution in [0.15, 0.2) is 102 Å². The predicted molar refractivity (Wildman–Crippen MR) is 128 cm³/mol. The van der Waals surface area contributed by atoms with Gasteiger partial charge in [0.15, 0.2) is 5.78 Å². The second-order valence-electron chi connectivity index (χ2n) is 7.13. The molecule has 0 saturated carbocycles. The lowest BCUT2D eigenvalue weighted by molar-refractivity contribution is 0.0470. The first-order valence-corrected chi connectivity index (χ1v) is 10.7. The van der Waals surface area contributed by atoms with E-state index >= 15 is 0 Å². The van der Waals surface area contributed by atoms with Crippen molar-refractivity contribution in [3.05, 3.63) is 130 Å². The summed E-state index contributed by atoms with van der Waals surface area (Å²) in [5, 5.41) is 9.39. The molecular weight excluding hydrogens is 456 g/mol. The van der Waals surface area contributed by atoms with Crippen molar-refractivity contribution in [1.29, 1.82) is 0 Å². The van der Waals surface area contributed by atoms with Gasteiger partial charge < -0.3 is 14.6 Å². The number of hydrogen-bond donors (Lipinski definition) is 1. The smallest absolute Gasteiger partial charge is 0.338 e. The number of ketones is 1. The number of allylic oxidation sites excluding steroid dienone is 2. The number of Topliss-reactive ketones (excluding diaryl/α,β-unsaturated/α-hetero) is 1. The van der Waals surface area contributed by atoms with E-state index in [1.165, 1.54) is 24.3 Å². The van der Waals surface area contributed by atoms with E-state index in [4.69, 9.17) is 21.1 Å². The van der Waals surface area contributed by atoms with E-state index in [9.17, 15) is 19.5 Å². The van der Waals surface area contributed by atoms with Gasteiger partial charge in [0.1, 0.15) is 13.2 Å². The van der Waals surface area contributed by atoms with Crippen molar-refractivity contribution in [3.63, 3.8) is 0 Å². The Hall–Kier alpha value is -4.16. The number of ether oxygens (including phenoxy) is 2. The number of halogens is 1. The monoisotopic (exact) mass is 476 g/mol. The van der Waals surface area contributed by atoms with E-state index in [0.29, 0.717) is 6.26 Å². The number of carbonyl (C=O) groups excluding carboxylic acids is 3. The van der Waals surface area contributed by atoms with Gasteiger partial charge in [0, 0.05) is 11.1 Å². The Balaban J connectivity index is 1.88. The summed E-state index contributed by atoms with van der Waals surface area (Å²) in [4.78, 5) is 38.3. The molecular formula is C27H21ClO6. The Morgan fingerprint density at radius 2 is 1.18 bits per heavy atom. The molecule has 0 aliphatic carbocycles. The number of aliphatic hydroxyl groups is 1. The van der Waals surface area contributed by atoms with Gasteiger partial charge in [-0.05, 0) is 35.4 Å². The third kappa shape index (κ3) is 6.67. The molecule has 0 heterocycles. The van der Waals surface area contributed by atoms with Crippen molar-refractivity contribution in [2.45, 2.75) is 13.2 Å². The fourth-order valence-corrected chi connectivity index (χ4v) is 3.15. The van der Waals surface area contributed by atoms with Crippen molar-refractivity contribution in [2.24, 2.45) is 0 Å². The molecule has 7 heteroatoms. The molecule has 0 bridgehead atoms. The molecule has 0 aromatic heterocycles. The van der Waals surface area contributed by atoms with Gasteiger partial charge in [-0.1, -0.05) is 72.3 Å². The van der Waals surface area contributed by atoms with E-state index in [1.807, 2.05) is 36.4 Å². The lowest BCUT2D eigenvalue weighted by Gasteiger charge is -2.10. The molecule has 0 unspecified atom stereocenters. The van der Waals surface area contributed by atoms with Crippen LogP contribution in [0.25, 0.3) is 0 Å². The highest BCUT2D eigenvalue weighted by Crippen LogP contribution is 2.18. The zero-order chi connectivity index (χ0) is 24.3. The van der Waals surface area contributed by atoms with Crippen LogP contribution in [0.1, 0.15) is 42.2 Å². The highest BCUT2D eigenvalue weighted by atomic mass is 35.5. The van der Waals surface area contributed by atoms with Crippen molar-refractivity contribution < 1.29 is 29.0 Å². The predicted octanol–water partition coefficient (Wildman–Crippen LogP) is 5.78. The molecule has 0 radical (unpaired) electrons. The van der Waals surface area contributed by atoms with Gasteiger partial charge in [0.2, 0.25) is 0 Å². The van der Waals surface area contributed by atoms with Crippen LogP contribution in [0.5, 0.6) is 0 Å². The molecule has 6 nitrogen and oxygen atoms in total. The lowest BCUT2D eigenvalue weighted by atomic mass is 9.99. The van der Waals surface area contributed by atoms with E-state index in [0.717, 1.165) is 16.7 Å². The number of benzene rings is 3. The molecule has 1 N–H and O–H groups in total. The molecule has 0 saturated heterocycles. The first-order chi connectivity index (χ1) is 16.5. The molecule has 0 amide bonds. The Bertz CT molecular complexity index is 1140. The van der Waals surface area contributed by atoms with Gasteiger partial charge >= 0.3 is 11.9 Å². The summed E-state index contributed by atoms with van der Waals surface area (Å²) in [7, 11) is 0. The molecule has 34 heavy (non-hydrogen) atoms. The van der Waals surface area contributed by atoms with E-state index in [-0.39, 0.29) is 35.5 Å². The summed E-state index contributed by atoms with van der Waals surface area (Å²) >= 11 is 5.54. The molecule has 0 atom stereocenters. The number of hydrogen-bond acceptors (Lipinski definition) is 6. The van der Waals surface area contributed by atoms with Crippen LogP contribution in [0.3, 0.4) is 0 Å².